The second-order valence-electron chi connectivity index (χ2n) is 8.48. The Balaban J connectivity index is 1.88. The molecule has 0 N–H and O–H groups in total. The monoisotopic (exact) mass is 409 g/mol. The maximum Gasteiger partial charge on any atom is 0.344 e. The molecule has 3 nitrogen and oxygen atoms in total. The van der Waals surface area contributed by atoms with Crippen LogP contribution in [0.2, 0.25) is 0 Å². The number of carbonyl (C=O) groups excluding carboxylic acids is 1. The number of ether oxygens (including phenoxy) is 1. The smallest absolute Gasteiger partial charge is 0.344 e. The summed E-state index contributed by atoms with van der Waals surface area (Å²) < 4.78 is 5.99. The van der Waals surface area contributed by atoms with Crippen molar-refractivity contribution in [1.29, 1.82) is 0 Å². The van der Waals surface area contributed by atoms with Crippen LogP contribution < -0.4 is 4.74 Å². The van der Waals surface area contributed by atoms with Gasteiger partial charge in [-0.3, -0.25) is 0 Å². The fourth-order valence-corrected chi connectivity index (χ4v) is 3.97. The summed E-state index contributed by atoms with van der Waals surface area (Å²) in [6.45, 7) is 10.3. The van der Waals surface area contributed by atoms with E-state index in [1.54, 1.807) is 0 Å². The van der Waals surface area contributed by atoms with Crippen molar-refractivity contribution in [1.82, 2.24) is 4.98 Å². The largest absolute Gasteiger partial charge is 0.423 e. The summed E-state index contributed by atoms with van der Waals surface area (Å²) in [6, 6.07) is 21.9. The SMILES string of the molecule is Cc1ccc(C(C)C)c(OC(=O)c2cc(-c3ccccc3)nc3c(C)cc(C)cc23)c1. The molecule has 0 saturated heterocycles. The summed E-state index contributed by atoms with van der Waals surface area (Å²) in [5, 5.41) is 0.820. The summed E-state index contributed by atoms with van der Waals surface area (Å²) in [5.74, 6) is 0.514. The van der Waals surface area contributed by atoms with E-state index in [1.165, 1.54) is 0 Å². The van der Waals surface area contributed by atoms with Crippen molar-refractivity contribution in [3.63, 3.8) is 0 Å². The zero-order valence-corrected chi connectivity index (χ0v) is 18.7. The Kier molecular flexibility index (Phi) is 5.60. The van der Waals surface area contributed by atoms with Gasteiger partial charge in [-0.1, -0.05) is 67.9 Å². The molecule has 0 aliphatic rings. The summed E-state index contributed by atoms with van der Waals surface area (Å²) in [7, 11) is 0. The van der Waals surface area contributed by atoms with Gasteiger partial charge in [-0.2, -0.15) is 0 Å². The topological polar surface area (TPSA) is 39.2 Å². The number of fused-ring (bicyclic) bond motifs is 1. The lowest BCUT2D eigenvalue weighted by Crippen LogP contribution is -2.12. The minimum absolute atomic E-state index is 0.252. The Labute approximate surface area is 183 Å². The van der Waals surface area contributed by atoms with Gasteiger partial charge >= 0.3 is 5.97 Å². The first-order chi connectivity index (χ1) is 14.8. The molecular formula is C28H27NO2. The third kappa shape index (κ3) is 4.22. The Morgan fingerprint density at radius 2 is 1.61 bits per heavy atom. The number of nitrogens with zero attached hydrogens (tertiary/aromatic N) is 1. The van der Waals surface area contributed by atoms with E-state index in [1.807, 2.05) is 75.4 Å². The molecule has 0 fully saturated rings. The molecule has 0 unspecified atom stereocenters. The fraction of sp³-hybridized carbons (Fsp3) is 0.214. The molecule has 1 aromatic heterocycles. The van der Waals surface area contributed by atoms with Crippen molar-refractivity contribution in [2.45, 2.75) is 40.5 Å². The summed E-state index contributed by atoms with van der Waals surface area (Å²) >= 11 is 0. The number of benzene rings is 3. The van der Waals surface area contributed by atoms with Crippen LogP contribution in [0.5, 0.6) is 5.75 Å². The van der Waals surface area contributed by atoms with E-state index < -0.39 is 0 Å². The van der Waals surface area contributed by atoms with E-state index in [0.717, 1.165) is 44.4 Å². The number of pyridine rings is 1. The van der Waals surface area contributed by atoms with Crippen molar-refractivity contribution in [2.24, 2.45) is 0 Å². The maximum atomic E-state index is 13.5. The van der Waals surface area contributed by atoms with Gasteiger partial charge in [0.1, 0.15) is 5.75 Å². The van der Waals surface area contributed by atoms with Gasteiger partial charge in [-0.15, -0.1) is 0 Å². The van der Waals surface area contributed by atoms with Crippen molar-refractivity contribution < 1.29 is 9.53 Å². The highest BCUT2D eigenvalue weighted by atomic mass is 16.5. The highest BCUT2D eigenvalue weighted by Gasteiger charge is 2.19. The normalized spacial score (nSPS) is 11.2. The summed E-state index contributed by atoms with van der Waals surface area (Å²) in [5.41, 5.74) is 7.31. The Bertz CT molecular complexity index is 1270. The maximum absolute atomic E-state index is 13.5. The molecule has 0 saturated carbocycles. The van der Waals surface area contributed by atoms with E-state index in [4.69, 9.17) is 9.72 Å². The number of rotatable bonds is 4. The molecule has 0 bridgehead atoms. The van der Waals surface area contributed by atoms with Crippen LogP contribution in [0.25, 0.3) is 22.2 Å². The van der Waals surface area contributed by atoms with Gasteiger partial charge in [0, 0.05) is 10.9 Å². The molecule has 0 amide bonds. The summed E-state index contributed by atoms with van der Waals surface area (Å²) in [6.07, 6.45) is 0. The van der Waals surface area contributed by atoms with Gasteiger partial charge in [-0.25, -0.2) is 9.78 Å². The predicted molar refractivity (Wildman–Crippen MR) is 127 cm³/mol. The molecule has 4 rings (SSSR count). The molecular weight excluding hydrogens is 382 g/mol. The van der Waals surface area contributed by atoms with Gasteiger partial charge in [0.15, 0.2) is 0 Å². The lowest BCUT2D eigenvalue weighted by Gasteiger charge is -2.16. The minimum Gasteiger partial charge on any atom is -0.423 e. The minimum atomic E-state index is -0.359. The molecule has 3 aromatic carbocycles. The second kappa shape index (κ2) is 8.35. The van der Waals surface area contributed by atoms with Crippen molar-refractivity contribution in [2.75, 3.05) is 0 Å². The average molecular weight is 410 g/mol. The molecule has 156 valence electrons. The van der Waals surface area contributed by atoms with Crippen LogP contribution in [-0.4, -0.2) is 11.0 Å². The predicted octanol–water partition coefficient (Wildman–Crippen LogP) is 7.17. The van der Waals surface area contributed by atoms with Crippen LogP contribution in [-0.2, 0) is 0 Å². The van der Waals surface area contributed by atoms with Crippen molar-refractivity contribution in [3.8, 4) is 17.0 Å². The molecule has 0 radical (unpaired) electrons. The number of aryl methyl sites for hydroxylation is 3. The molecule has 0 aliphatic carbocycles. The van der Waals surface area contributed by atoms with E-state index in [0.29, 0.717) is 11.3 Å². The molecule has 1 heterocycles. The van der Waals surface area contributed by atoms with Crippen LogP contribution in [0.3, 0.4) is 0 Å². The number of carbonyl (C=O) groups is 1. The number of hydrogen-bond donors (Lipinski definition) is 0. The second-order valence-corrected chi connectivity index (χ2v) is 8.48. The highest BCUT2D eigenvalue weighted by molar-refractivity contribution is 6.06. The molecule has 4 aromatic rings. The standard InChI is InChI=1S/C28H27NO2/c1-17(2)22-12-11-18(3)15-26(22)31-28(30)24-16-25(21-9-7-6-8-10-21)29-27-20(5)13-19(4)14-23(24)27/h6-17H,1-5H3. The van der Waals surface area contributed by atoms with Gasteiger partial charge in [0.2, 0.25) is 0 Å². The van der Waals surface area contributed by atoms with E-state index in [2.05, 4.69) is 26.0 Å². The lowest BCUT2D eigenvalue weighted by atomic mass is 9.99. The van der Waals surface area contributed by atoms with Crippen molar-refractivity contribution in [3.05, 3.63) is 94.5 Å². The van der Waals surface area contributed by atoms with E-state index >= 15 is 0 Å². The zero-order valence-electron chi connectivity index (χ0n) is 18.7. The van der Waals surface area contributed by atoms with Gasteiger partial charge in [0.05, 0.1) is 16.8 Å². The van der Waals surface area contributed by atoms with E-state index in [-0.39, 0.29) is 11.9 Å². The average Bonchev–Trinajstić information content (AvgIpc) is 2.73. The molecule has 3 heteroatoms. The number of aromatic nitrogens is 1. The first kappa shape index (κ1) is 20.8. The fourth-order valence-electron chi connectivity index (χ4n) is 3.97. The van der Waals surface area contributed by atoms with Crippen molar-refractivity contribution >= 4 is 16.9 Å². The molecule has 0 spiro atoms. The third-order valence-electron chi connectivity index (χ3n) is 5.53. The van der Waals surface area contributed by atoms with Crippen LogP contribution in [0, 0.1) is 20.8 Å². The Morgan fingerprint density at radius 3 is 2.32 bits per heavy atom. The van der Waals surface area contributed by atoms with Crippen LogP contribution in [0.15, 0.2) is 66.7 Å². The molecule has 0 aliphatic heterocycles. The quantitative estimate of drug-likeness (QED) is 0.265. The van der Waals surface area contributed by atoms with Gasteiger partial charge in [0.25, 0.3) is 0 Å². The van der Waals surface area contributed by atoms with Crippen LogP contribution >= 0.6 is 0 Å². The first-order valence-electron chi connectivity index (χ1n) is 10.6. The van der Waals surface area contributed by atoms with Gasteiger partial charge < -0.3 is 4.74 Å². The molecule has 31 heavy (non-hydrogen) atoms. The number of esters is 1. The zero-order chi connectivity index (χ0) is 22.1. The number of hydrogen-bond acceptors (Lipinski definition) is 3. The van der Waals surface area contributed by atoms with E-state index in [9.17, 15) is 4.79 Å². The third-order valence-corrected chi connectivity index (χ3v) is 5.53. The Hall–Kier alpha value is -3.46. The van der Waals surface area contributed by atoms with Crippen LogP contribution in [0.1, 0.15) is 52.4 Å². The van der Waals surface area contributed by atoms with Crippen LogP contribution in [0.4, 0.5) is 0 Å². The lowest BCUT2D eigenvalue weighted by molar-refractivity contribution is 0.0735. The van der Waals surface area contributed by atoms with Gasteiger partial charge in [-0.05, 0) is 61.6 Å². The summed E-state index contributed by atoms with van der Waals surface area (Å²) in [4.78, 5) is 18.4. The Morgan fingerprint density at radius 1 is 0.871 bits per heavy atom. The first-order valence-corrected chi connectivity index (χ1v) is 10.6. The highest BCUT2D eigenvalue weighted by Crippen LogP contribution is 2.31. The molecule has 0 atom stereocenters.